The molecule has 0 aliphatic rings. The van der Waals surface area contributed by atoms with E-state index in [9.17, 15) is 0 Å². The number of aliphatic hydroxyl groups excluding tert-OH is 1. The second-order valence-corrected chi connectivity index (χ2v) is 4.14. The van der Waals surface area contributed by atoms with Gasteiger partial charge in [-0.05, 0) is 18.1 Å². The van der Waals surface area contributed by atoms with Gasteiger partial charge in [-0.2, -0.15) is 5.26 Å². The third-order valence-electron chi connectivity index (χ3n) is 1.69. The van der Waals surface area contributed by atoms with Crippen molar-refractivity contribution >= 4 is 11.8 Å². The molecule has 0 fully saturated rings. The maximum absolute atomic E-state index is 8.82. The van der Waals surface area contributed by atoms with Gasteiger partial charge in [-0.1, -0.05) is 6.92 Å². The molecule has 1 aromatic rings. The van der Waals surface area contributed by atoms with Gasteiger partial charge in [-0.15, -0.1) is 11.8 Å². The van der Waals surface area contributed by atoms with Crippen LogP contribution in [0.3, 0.4) is 0 Å². The first-order chi connectivity index (χ1) is 6.76. The smallest absolute Gasteiger partial charge is 0.101 e. The first-order valence-corrected chi connectivity index (χ1v) is 5.34. The quantitative estimate of drug-likeness (QED) is 0.765. The zero-order chi connectivity index (χ0) is 10.4. The van der Waals surface area contributed by atoms with E-state index >= 15 is 0 Å². The molecule has 0 bridgehead atoms. The normalized spacial score (nSPS) is 12.1. The van der Waals surface area contributed by atoms with Crippen molar-refractivity contribution in [2.75, 3.05) is 12.4 Å². The third-order valence-corrected chi connectivity index (χ3v) is 2.97. The molecule has 0 radical (unpaired) electrons. The highest BCUT2D eigenvalue weighted by Gasteiger charge is 2.02. The molecule has 0 amide bonds. The molecule has 4 heteroatoms. The molecule has 1 rings (SSSR count). The lowest BCUT2D eigenvalue weighted by Crippen LogP contribution is -2.03. The van der Waals surface area contributed by atoms with E-state index in [2.05, 4.69) is 4.98 Å². The van der Waals surface area contributed by atoms with Crippen molar-refractivity contribution in [2.24, 2.45) is 5.92 Å². The van der Waals surface area contributed by atoms with Crippen molar-refractivity contribution < 1.29 is 5.11 Å². The number of rotatable bonds is 4. The van der Waals surface area contributed by atoms with Gasteiger partial charge in [0.1, 0.15) is 6.07 Å². The lowest BCUT2D eigenvalue weighted by molar-refractivity contribution is 0.250. The average Bonchev–Trinajstić information content (AvgIpc) is 2.26. The summed E-state index contributed by atoms with van der Waals surface area (Å²) in [6.07, 6.45) is 1.56. The summed E-state index contributed by atoms with van der Waals surface area (Å²) >= 11 is 1.59. The van der Waals surface area contributed by atoms with Crippen LogP contribution in [0.2, 0.25) is 0 Å². The largest absolute Gasteiger partial charge is 0.396 e. The molecular weight excluding hydrogens is 196 g/mol. The number of hydrogen-bond acceptors (Lipinski definition) is 4. The first kappa shape index (κ1) is 11.0. The lowest BCUT2D eigenvalue weighted by Gasteiger charge is -2.05. The Morgan fingerprint density at radius 2 is 2.43 bits per heavy atom. The van der Waals surface area contributed by atoms with Gasteiger partial charge >= 0.3 is 0 Å². The molecular formula is C10H12N2OS. The molecule has 1 unspecified atom stereocenters. The maximum Gasteiger partial charge on any atom is 0.101 e. The summed E-state index contributed by atoms with van der Waals surface area (Å²) in [5, 5.41) is 18.3. The number of pyridine rings is 1. The van der Waals surface area contributed by atoms with Crippen LogP contribution < -0.4 is 0 Å². The maximum atomic E-state index is 8.82. The van der Waals surface area contributed by atoms with Gasteiger partial charge in [0.2, 0.25) is 0 Å². The fourth-order valence-corrected chi connectivity index (χ4v) is 1.66. The molecule has 0 aliphatic carbocycles. The van der Waals surface area contributed by atoms with E-state index in [1.807, 2.05) is 19.1 Å². The number of nitrogens with zero attached hydrogens (tertiary/aromatic N) is 2. The van der Waals surface area contributed by atoms with Crippen molar-refractivity contribution in [2.45, 2.75) is 11.9 Å². The molecule has 0 aromatic carbocycles. The van der Waals surface area contributed by atoms with E-state index in [-0.39, 0.29) is 12.5 Å². The van der Waals surface area contributed by atoms with Crippen molar-refractivity contribution in [1.29, 1.82) is 5.26 Å². The van der Waals surface area contributed by atoms with Gasteiger partial charge in [0, 0.05) is 18.6 Å². The number of thioether (sulfide) groups is 1. The molecule has 0 saturated carbocycles. The van der Waals surface area contributed by atoms with Gasteiger partial charge in [-0.25, -0.2) is 4.98 Å². The number of nitriles is 1. The van der Waals surface area contributed by atoms with Crippen LogP contribution in [0.15, 0.2) is 23.4 Å². The van der Waals surface area contributed by atoms with Crippen LogP contribution in [0.4, 0.5) is 0 Å². The predicted octanol–water partition coefficient (Wildman–Crippen LogP) is 1.67. The Morgan fingerprint density at radius 3 is 2.93 bits per heavy atom. The Hall–Kier alpha value is -1.05. The molecule has 1 heterocycles. The van der Waals surface area contributed by atoms with Crippen LogP contribution in [0.1, 0.15) is 12.5 Å². The summed E-state index contributed by atoms with van der Waals surface area (Å²) in [5.74, 6) is 1.12. The van der Waals surface area contributed by atoms with Gasteiger partial charge in [0.25, 0.3) is 0 Å². The zero-order valence-corrected chi connectivity index (χ0v) is 8.79. The Bertz CT molecular complexity index is 318. The minimum absolute atomic E-state index is 0.198. The summed E-state index contributed by atoms with van der Waals surface area (Å²) in [4.78, 5) is 4.11. The standard InChI is InChI=1S/C10H12N2OS/c1-8(6-13)7-14-10-3-2-9(4-11)5-12-10/h2-3,5,8,13H,6-7H2,1H3. The highest BCUT2D eigenvalue weighted by molar-refractivity contribution is 7.99. The van der Waals surface area contributed by atoms with Crippen LogP contribution in [0.25, 0.3) is 0 Å². The summed E-state index contributed by atoms with van der Waals surface area (Å²) < 4.78 is 0. The van der Waals surface area contributed by atoms with Crippen LogP contribution >= 0.6 is 11.8 Å². The highest BCUT2D eigenvalue weighted by Crippen LogP contribution is 2.17. The molecule has 1 N–H and O–H groups in total. The van der Waals surface area contributed by atoms with Crippen LogP contribution in [0, 0.1) is 17.2 Å². The minimum atomic E-state index is 0.198. The summed E-state index contributed by atoms with van der Waals surface area (Å²) in [5.41, 5.74) is 0.574. The Labute approximate surface area is 87.8 Å². The Morgan fingerprint density at radius 1 is 1.64 bits per heavy atom. The van der Waals surface area contributed by atoms with E-state index < -0.39 is 0 Å². The van der Waals surface area contributed by atoms with Crippen molar-refractivity contribution in [3.63, 3.8) is 0 Å². The molecule has 3 nitrogen and oxygen atoms in total. The first-order valence-electron chi connectivity index (χ1n) is 4.36. The van der Waals surface area contributed by atoms with Crippen molar-refractivity contribution in [3.05, 3.63) is 23.9 Å². The number of aliphatic hydroxyl groups is 1. The van der Waals surface area contributed by atoms with Crippen LogP contribution in [-0.4, -0.2) is 22.5 Å². The van der Waals surface area contributed by atoms with E-state index in [1.165, 1.54) is 0 Å². The van der Waals surface area contributed by atoms with E-state index in [1.54, 1.807) is 24.0 Å². The fraction of sp³-hybridized carbons (Fsp3) is 0.400. The summed E-state index contributed by atoms with van der Waals surface area (Å²) in [6, 6.07) is 5.59. The molecule has 1 aromatic heterocycles. The van der Waals surface area contributed by atoms with Crippen LogP contribution in [0.5, 0.6) is 0 Å². The van der Waals surface area contributed by atoms with Gasteiger partial charge < -0.3 is 5.11 Å². The fourth-order valence-electron chi connectivity index (χ4n) is 0.812. The van der Waals surface area contributed by atoms with Gasteiger partial charge in [0.15, 0.2) is 0 Å². The molecule has 0 spiro atoms. The minimum Gasteiger partial charge on any atom is -0.396 e. The van der Waals surface area contributed by atoms with Crippen LogP contribution in [-0.2, 0) is 0 Å². The zero-order valence-electron chi connectivity index (χ0n) is 7.97. The second-order valence-electron chi connectivity index (χ2n) is 3.10. The Balaban J connectivity index is 2.49. The van der Waals surface area contributed by atoms with E-state index in [4.69, 9.17) is 10.4 Å². The number of aromatic nitrogens is 1. The predicted molar refractivity (Wildman–Crippen MR) is 55.9 cm³/mol. The van der Waals surface area contributed by atoms with Crippen molar-refractivity contribution in [3.8, 4) is 6.07 Å². The third kappa shape index (κ3) is 3.36. The SMILES string of the molecule is CC(CO)CSc1ccc(C#N)cn1. The van der Waals surface area contributed by atoms with E-state index in [0.717, 1.165) is 10.8 Å². The summed E-state index contributed by atoms with van der Waals surface area (Å²) in [7, 11) is 0. The van der Waals surface area contributed by atoms with E-state index in [0.29, 0.717) is 5.56 Å². The second kappa shape index (κ2) is 5.63. The summed E-state index contributed by atoms with van der Waals surface area (Å²) in [6.45, 7) is 2.18. The molecule has 74 valence electrons. The topological polar surface area (TPSA) is 56.9 Å². The van der Waals surface area contributed by atoms with Crippen molar-refractivity contribution in [1.82, 2.24) is 4.98 Å². The average molecular weight is 208 g/mol. The monoisotopic (exact) mass is 208 g/mol. The lowest BCUT2D eigenvalue weighted by atomic mass is 10.2. The van der Waals surface area contributed by atoms with Gasteiger partial charge in [-0.3, -0.25) is 0 Å². The Kier molecular flexibility index (Phi) is 4.44. The van der Waals surface area contributed by atoms with Gasteiger partial charge in [0.05, 0.1) is 10.6 Å². The molecule has 0 aliphatic heterocycles. The molecule has 0 saturated heterocycles. The molecule has 1 atom stereocenters. The number of hydrogen-bond donors (Lipinski definition) is 1. The highest BCUT2D eigenvalue weighted by atomic mass is 32.2. The molecule has 14 heavy (non-hydrogen) atoms.